The van der Waals surface area contributed by atoms with Gasteiger partial charge in [0, 0.05) is 18.3 Å². The molecular formula is C18H19N3O2. The second kappa shape index (κ2) is 6.87. The fourth-order valence-corrected chi connectivity index (χ4v) is 2.42. The van der Waals surface area contributed by atoms with Crippen LogP contribution in [0.15, 0.2) is 48.5 Å². The van der Waals surface area contributed by atoms with Gasteiger partial charge in [0.05, 0.1) is 11.1 Å². The first-order valence-corrected chi connectivity index (χ1v) is 7.48. The van der Waals surface area contributed by atoms with E-state index in [9.17, 15) is 9.59 Å². The molecule has 0 radical (unpaired) electrons. The van der Waals surface area contributed by atoms with E-state index in [1.165, 1.54) is 0 Å². The molecule has 0 spiro atoms. The second-order valence-electron chi connectivity index (χ2n) is 4.64. The highest BCUT2D eigenvalue weighted by Crippen LogP contribution is 2.26. The zero-order valence-corrected chi connectivity index (χ0v) is 13.4. The highest BCUT2D eigenvalue weighted by atomic mass is 16.2. The first kappa shape index (κ1) is 16.4. The van der Waals surface area contributed by atoms with Crippen LogP contribution in [0.4, 0.5) is 5.69 Å². The summed E-state index contributed by atoms with van der Waals surface area (Å²) in [6.07, 6.45) is 0. The van der Waals surface area contributed by atoms with Gasteiger partial charge in [0.1, 0.15) is 5.84 Å². The average molecular weight is 309 g/mol. The minimum atomic E-state index is -0.452. The standard InChI is InChI=1S/C16H13N3O2.C2H6/c1-18-13-9-5-4-8-12(13)14(17)19-15(20)10-6-2-3-7-11(10)16(19)21;1-2/h2-9,17-18H,1H3;1-2H3. The second-order valence-corrected chi connectivity index (χ2v) is 4.64. The van der Waals surface area contributed by atoms with Gasteiger partial charge in [-0.1, -0.05) is 38.1 Å². The van der Waals surface area contributed by atoms with Crippen molar-refractivity contribution < 1.29 is 9.59 Å². The van der Waals surface area contributed by atoms with Crippen molar-refractivity contribution in [3.05, 3.63) is 65.2 Å². The van der Waals surface area contributed by atoms with Gasteiger partial charge in [0.2, 0.25) is 0 Å². The van der Waals surface area contributed by atoms with Gasteiger partial charge in [-0.2, -0.15) is 0 Å². The Bertz CT molecular complexity index is 733. The van der Waals surface area contributed by atoms with Gasteiger partial charge in [-0.05, 0) is 24.3 Å². The molecule has 118 valence electrons. The van der Waals surface area contributed by atoms with E-state index in [4.69, 9.17) is 5.41 Å². The van der Waals surface area contributed by atoms with Gasteiger partial charge in [-0.25, -0.2) is 4.90 Å². The van der Waals surface area contributed by atoms with E-state index in [1.54, 1.807) is 49.5 Å². The van der Waals surface area contributed by atoms with Crippen LogP contribution in [0, 0.1) is 5.41 Å². The molecule has 0 bridgehead atoms. The lowest BCUT2D eigenvalue weighted by molar-refractivity contribution is 0.0748. The third kappa shape index (κ3) is 2.73. The van der Waals surface area contributed by atoms with E-state index in [2.05, 4.69) is 5.32 Å². The Balaban J connectivity index is 0.000000924. The molecule has 2 aromatic rings. The highest BCUT2D eigenvalue weighted by molar-refractivity contribution is 6.32. The van der Waals surface area contributed by atoms with E-state index in [0.717, 1.165) is 4.90 Å². The molecule has 0 saturated carbocycles. The molecule has 23 heavy (non-hydrogen) atoms. The summed E-state index contributed by atoms with van der Waals surface area (Å²) in [7, 11) is 1.73. The van der Waals surface area contributed by atoms with Crippen LogP contribution in [0.3, 0.4) is 0 Å². The number of carbonyl (C=O) groups excluding carboxylic acids is 2. The van der Waals surface area contributed by atoms with Crippen molar-refractivity contribution in [3.63, 3.8) is 0 Å². The Kier molecular flexibility index (Phi) is 4.91. The molecule has 1 aliphatic heterocycles. The van der Waals surface area contributed by atoms with E-state index >= 15 is 0 Å². The van der Waals surface area contributed by atoms with Crippen molar-refractivity contribution >= 4 is 23.3 Å². The number of carbonyl (C=O) groups is 2. The third-order valence-electron chi connectivity index (χ3n) is 3.47. The molecular weight excluding hydrogens is 290 g/mol. The number of amidine groups is 1. The summed E-state index contributed by atoms with van der Waals surface area (Å²) in [5.74, 6) is -1.02. The maximum Gasteiger partial charge on any atom is 0.267 e. The van der Waals surface area contributed by atoms with Crippen molar-refractivity contribution in [1.29, 1.82) is 5.41 Å². The fourth-order valence-electron chi connectivity index (χ4n) is 2.42. The van der Waals surface area contributed by atoms with Gasteiger partial charge >= 0.3 is 0 Å². The molecule has 1 aliphatic rings. The lowest BCUT2D eigenvalue weighted by Crippen LogP contribution is -2.36. The molecule has 0 aromatic heterocycles. The van der Waals surface area contributed by atoms with E-state index in [1.807, 2.05) is 19.9 Å². The summed E-state index contributed by atoms with van der Waals surface area (Å²) >= 11 is 0. The molecule has 1 heterocycles. The topological polar surface area (TPSA) is 73.3 Å². The van der Waals surface area contributed by atoms with Crippen LogP contribution in [-0.4, -0.2) is 29.6 Å². The largest absolute Gasteiger partial charge is 0.388 e. The highest BCUT2D eigenvalue weighted by Gasteiger charge is 2.38. The number of hydrogen-bond donors (Lipinski definition) is 2. The van der Waals surface area contributed by atoms with Gasteiger partial charge in [-0.15, -0.1) is 0 Å². The number of rotatable bonds is 2. The van der Waals surface area contributed by atoms with Crippen LogP contribution in [0.1, 0.15) is 40.1 Å². The third-order valence-corrected chi connectivity index (χ3v) is 3.47. The Hall–Kier alpha value is -2.95. The molecule has 0 unspecified atom stereocenters. The van der Waals surface area contributed by atoms with E-state index < -0.39 is 11.8 Å². The SMILES string of the molecule is CC.CNc1ccccc1C(=N)N1C(=O)c2ccccc2C1=O. The summed E-state index contributed by atoms with van der Waals surface area (Å²) in [6.45, 7) is 4.00. The smallest absolute Gasteiger partial charge is 0.267 e. The number of nitrogens with one attached hydrogen (secondary N) is 2. The number of amides is 2. The van der Waals surface area contributed by atoms with Gasteiger partial charge in [0.25, 0.3) is 11.8 Å². The van der Waals surface area contributed by atoms with Crippen molar-refractivity contribution in [2.45, 2.75) is 13.8 Å². The molecule has 5 nitrogen and oxygen atoms in total. The maximum absolute atomic E-state index is 12.4. The summed E-state index contributed by atoms with van der Waals surface area (Å²) in [6, 6.07) is 13.7. The molecule has 0 aliphatic carbocycles. The van der Waals surface area contributed by atoms with Gasteiger partial charge in [-0.3, -0.25) is 15.0 Å². The molecule has 2 amide bonds. The number of para-hydroxylation sites is 1. The lowest BCUT2D eigenvalue weighted by Gasteiger charge is -2.17. The summed E-state index contributed by atoms with van der Waals surface area (Å²) in [5, 5.41) is 11.2. The van der Waals surface area contributed by atoms with E-state index in [-0.39, 0.29) is 5.84 Å². The predicted molar refractivity (Wildman–Crippen MR) is 91.1 cm³/mol. The van der Waals surface area contributed by atoms with Crippen LogP contribution in [0.5, 0.6) is 0 Å². The normalized spacial score (nSPS) is 12.4. The van der Waals surface area contributed by atoms with Gasteiger partial charge < -0.3 is 5.32 Å². The number of imide groups is 1. The fraction of sp³-hybridized carbons (Fsp3) is 0.167. The number of anilines is 1. The minimum Gasteiger partial charge on any atom is -0.388 e. The first-order valence-electron chi connectivity index (χ1n) is 7.48. The Morgan fingerprint density at radius 3 is 1.91 bits per heavy atom. The molecule has 3 rings (SSSR count). The number of fused-ring (bicyclic) bond motifs is 1. The van der Waals surface area contributed by atoms with Crippen LogP contribution in [-0.2, 0) is 0 Å². The van der Waals surface area contributed by atoms with Crippen LogP contribution in [0.2, 0.25) is 0 Å². The zero-order valence-electron chi connectivity index (χ0n) is 13.4. The molecule has 5 heteroatoms. The predicted octanol–water partition coefficient (Wildman–Crippen LogP) is 3.38. The van der Waals surface area contributed by atoms with Crippen molar-refractivity contribution in [3.8, 4) is 0 Å². The molecule has 0 fully saturated rings. The van der Waals surface area contributed by atoms with Crippen molar-refractivity contribution in [2.75, 3.05) is 12.4 Å². The number of benzene rings is 2. The van der Waals surface area contributed by atoms with E-state index in [0.29, 0.717) is 22.4 Å². The van der Waals surface area contributed by atoms with Crippen molar-refractivity contribution in [2.24, 2.45) is 0 Å². The Labute approximate surface area is 135 Å². The number of nitrogens with zero attached hydrogens (tertiary/aromatic N) is 1. The maximum atomic E-state index is 12.4. The average Bonchev–Trinajstić information content (AvgIpc) is 2.87. The summed E-state index contributed by atoms with van der Waals surface area (Å²) in [4.78, 5) is 25.6. The first-order chi connectivity index (χ1) is 11.1. The van der Waals surface area contributed by atoms with Crippen LogP contribution in [0.25, 0.3) is 0 Å². The van der Waals surface area contributed by atoms with Gasteiger partial charge in [0.15, 0.2) is 0 Å². The summed E-state index contributed by atoms with van der Waals surface area (Å²) < 4.78 is 0. The van der Waals surface area contributed by atoms with Crippen molar-refractivity contribution in [1.82, 2.24) is 4.90 Å². The number of hydrogen-bond acceptors (Lipinski definition) is 4. The lowest BCUT2D eigenvalue weighted by atomic mass is 10.1. The Morgan fingerprint density at radius 2 is 1.39 bits per heavy atom. The molecule has 2 N–H and O–H groups in total. The quantitative estimate of drug-likeness (QED) is 0.507. The monoisotopic (exact) mass is 309 g/mol. The zero-order chi connectivity index (χ0) is 17.0. The molecule has 0 atom stereocenters. The minimum absolute atomic E-state index is 0.119. The molecule has 2 aromatic carbocycles. The summed E-state index contributed by atoms with van der Waals surface area (Å²) in [5.41, 5.74) is 1.89. The van der Waals surface area contributed by atoms with Crippen LogP contribution < -0.4 is 5.32 Å². The Morgan fingerprint density at radius 1 is 0.913 bits per heavy atom. The molecule has 0 saturated heterocycles. The van der Waals surface area contributed by atoms with Crippen LogP contribution >= 0.6 is 0 Å².